The highest BCUT2D eigenvalue weighted by atomic mass is 28.3. The highest BCUT2D eigenvalue weighted by Crippen LogP contribution is 2.40. The van der Waals surface area contributed by atoms with Crippen LogP contribution in [0.1, 0.15) is 39.5 Å². The SMILES string of the molecule is C#C[Si](C)(C)C(C)(C)CCOC1CCCCO1. The highest BCUT2D eigenvalue weighted by Gasteiger charge is 2.37. The number of terminal acetylenes is 1. The normalized spacial score (nSPS) is 22.2. The molecule has 1 aliphatic heterocycles. The second kappa shape index (κ2) is 6.04. The minimum absolute atomic E-state index is 0.0233. The van der Waals surface area contributed by atoms with Gasteiger partial charge >= 0.3 is 0 Å². The minimum Gasteiger partial charge on any atom is -0.353 e. The predicted molar refractivity (Wildman–Crippen MR) is 74.5 cm³/mol. The van der Waals surface area contributed by atoms with E-state index in [0.717, 1.165) is 26.1 Å². The van der Waals surface area contributed by atoms with Crippen LogP contribution in [0.4, 0.5) is 0 Å². The zero-order valence-corrected chi connectivity index (χ0v) is 12.7. The maximum Gasteiger partial charge on any atom is 0.157 e. The molecule has 1 unspecified atom stereocenters. The van der Waals surface area contributed by atoms with Gasteiger partial charge in [-0.25, -0.2) is 0 Å². The second-order valence-corrected chi connectivity index (χ2v) is 11.0. The average Bonchev–Trinajstić information content (AvgIpc) is 2.30. The summed E-state index contributed by atoms with van der Waals surface area (Å²) in [6.45, 7) is 10.6. The summed E-state index contributed by atoms with van der Waals surface area (Å²) >= 11 is 0. The summed E-state index contributed by atoms with van der Waals surface area (Å²) in [5.74, 6) is 0. The third-order valence-corrected chi connectivity index (χ3v) is 8.58. The van der Waals surface area contributed by atoms with Gasteiger partial charge in [0.05, 0.1) is 0 Å². The molecule has 0 aromatic rings. The van der Waals surface area contributed by atoms with Gasteiger partial charge in [0.15, 0.2) is 6.29 Å². The largest absolute Gasteiger partial charge is 0.353 e. The summed E-state index contributed by atoms with van der Waals surface area (Å²) < 4.78 is 11.3. The first kappa shape index (κ1) is 14.8. The molecule has 17 heavy (non-hydrogen) atoms. The Hall–Kier alpha value is -0.303. The molecule has 0 aromatic carbocycles. The lowest BCUT2D eigenvalue weighted by Gasteiger charge is -2.36. The molecule has 3 heteroatoms. The van der Waals surface area contributed by atoms with Crippen molar-refractivity contribution >= 4 is 8.07 Å². The first-order valence-corrected chi connectivity index (χ1v) is 9.60. The van der Waals surface area contributed by atoms with Crippen LogP contribution in [0.25, 0.3) is 0 Å². The Morgan fingerprint density at radius 2 is 2.12 bits per heavy atom. The molecule has 1 fully saturated rings. The second-order valence-electron chi connectivity index (χ2n) is 6.07. The third kappa shape index (κ3) is 4.13. The van der Waals surface area contributed by atoms with Crippen LogP contribution >= 0.6 is 0 Å². The van der Waals surface area contributed by atoms with Gasteiger partial charge in [-0.3, -0.25) is 0 Å². The van der Waals surface area contributed by atoms with Crippen LogP contribution in [-0.4, -0.2) is 27.6 Å². The van der Waals surface area contributed by atoms with Crippen molar-refractivity contribution in [3.05, 3.63) is 0 Å². The van der Waals surface area contributed by atoms with Crippen LogP contribution in [-0.2, 0) is 9.47 Å². The maximum absolute atomic E-state index is 5.79. The van der Waals surface area contributed by atoms with E-state index in [9.17, 15) is 0 Å². The molecule has 0 spiro atoms. The Labute approximate surface area is 107 Å². The monoisotopic (exact) mass is 254 g/mol. The number of rotatable bonds is 5. The lowest BCUT2D eigenvalue weighted by Crippen LogP contribution is -2.38. The van der Waals surface area contributed by atoms with Gasteiger partial charge in [-0.2, -0.15) is 0 Å². The van der Waals surface area contributed by atoms with Crippen LogP contribution < -0.4 is 0 Å². The van der Waals surface area contributed by atoms with Crippen molar-refractivity contribution in [1.29, 1.82) is 0 Å². The molecule has 0 amide bonds. The molecule has 1 saturated heterocycles. The lowest BCUT2D eigenvalue weighted by molar-refractivity contribution is -0.163. The molecule has 1 rings (SSSR count). The molecule has 1 heterocycles. The number of hydrogen-bond acceptors (Lipinski definition) is 2. The van der Waals surface area contributed by atoms with Crippen molar-refractivity contribution in [3.8, 4) is 12.0 Å². The van der Waals surface area contributed by atoms with Gasteiger partial charge in [0.1, 0.15) is 8.07 Å². The van der Waals surface area contributed by atoms with E-state index in [2.05, 4.69) is 32.5 Å². The predicted octanol–water partition coefficient (Wildman–Crippen LogP) is 3.58. The molecule has 0 N–H and O–H groups in total. The smallest absolute Gasteiger partial charge is 0.157 e. The van der Waals surface area contributed by atoms with Crippen LogP contribution in [0.2, 0.25) is 18.1 Å². The van der Waals surface area contributed by atoms with Crippen molar-refractivity contribution < 1.29 is 9.47 Å². The van der Waals surface area contributed by atoms with E-state index in [0.29, 0.717) is 0 Å². The summed E-state index contributed by atoms with van der Waals surface area (Å²) in [4.78, 5) is 0. The fraction of sp³-hybridized carbons (Fsp3) is 0.857. The molecule has 2 nitrogen and oxygen atoms in total. The summed E-state index contributed by atoms with van der Waals surface area (Å²) in [6.07, 6.45) is 10.1. The van der Waals surface area contributed by atoms with Crippen molar-refractivity contribution in [3.63, 3.8) is 0 Å². The van der Waals surface area contributed by atoms with Gasteiger partial charge in [-0.05, 0) is 30.7 Å². The zero-order valence-electron chi connectivity index (χ0n) is 11.7. The van der Waals surface area contributed by atoms with E-state index in [1.807, 2.05) is 0 Å². The van der Waals surface area contributed by atoms with Crippen LogP contribution in [0, 0.1) is 12.0 Å². The first-order valence-electron chi connectivity index (χ1n) is 6.60. The van der Waals surface area contributed by atoms with Crippen LogP contribution in [0.5, 0.6) is 0 Å². The highest BCUT2D eigenvalue weighted by molar-refractivity contribution is 6.87. The van der Waals surface area contributed by atoms with Crippen LogP contribution in [0.3, 0.4) is 0 Å². The zero-order chi connectivity index (χ0) is 12.9. The van der Waals surface area contributed by atoms with Crippen molar-refractivity contribution in [1.82, 2.24) is 0 Å². The van der Waals surface area contributed by atoms with Crippen molar-refractivity contribution in [2.24, 2.45) is 0 Å². The van der Waals surface area contributed by atoms with E-state index in [4.69, 9.17) is 15.9 Å². The molecule has 0 radical (unpaired) electrons. The number of hydrogen-bond donors (Lipinski definition) is 0. The van der Waals surface area contributed by atoms with E-state index in [1.54, 1.807) is 0 Å². The van der Waals surface area contributed by atoms with Gasteiger partial charge in [0.2, 0.25) is 0 Å². The molecule has 0 bridgehead atoms. The molecule has 1 aliphatic rings. The average molecular weight is 254 g/mol. The van der Waals surface area contributed by atoms with E-state index < -0.39 is 8.07 Å². The molecule has 0 saturated carbocycles. The molecular weight excluding hydrogens is 228 g/mol. The quantitative estimate of drug-likeness (QED) is 0.551. The van der Waals surface area contributed by atoms with Gasteiger partial charge in [0, 0.05) is 13.2 Å². The Balaban J connectivity index is 2.32. The Bertz CT molecular complexity index is 272. The molecule has 1 atom stereocenters. The fourth-order valence-corrected chi connectivity index (χ4v) is 2.91. The van der Waals surface area contributed by atoms with Gasteiger partial charge in [-0.15, -0.1) is 12.0 Å². The van der Waals surface area contributed by atoms with Crippen molar-refractivity contribution in [2.45, 2.75) is 64.0 Å². The Morgan fingerprint density at radius 1 is 1.41 bits per heavy atom. The van der Waals surface area contributed by atoms with Gasteiger partial charge < -0.3 is 9.47 Å². The Kier molecular flexibility index (Phi) is 5.24. The standard InChI is InChI=1S/C14H26O2Si/c1-6-17(4,5)14(2,3)10-12-16-13-9-7-8-11-15-13/h1,13H,7-12H2,2-5H3. The molecule has 0 aliphatic carbocycles. The third-order valence-electron chi connectivity index (χ3n) is 4.22. The van der Waals surface area contributed by atoms with Crippen molar-refractivity contribution in [2.75, 3.05) is 13.2 Å². The van der Waals surface area contributed by atoms with Gasteiger partial charge in [-0.1, -0.05) is 26.9 Å². The van der Waals surface area contributed by atoms with E-state index in [-0.39, 0.29) is 11.3 Å². The lowest BCUT2D eigenvalue weighted by atomic mass is 10.1. The van der Waals surface area contributed by atoms with E-state index in [1.165, 1.54) is 12.8 Å². The minimum atomic E-state index is -1.58. The number of ether oxygens (including phenoxy) is 2. The maximum atomic E-state index is 5.79. The van der Waals surface area contributed by atoms with Crippen LogP contribution in [0.15, 0.2) is 0 Å². The summed E-state index contributed by atoms with van der Waals surface area (Å²) in [5, 5.41) is 0.219. The van der Waals surface area contributed by atoms with E-state index >= 15 is 0 Å². The molecule has 98 valence electrons. The first-order chi connectivity index (χ1) is 7.89. The fourth-order valence-electron chi connectivity index (χ4n) is 1.80. The summed E-state index contributed by atoms with van der Waals surface area (Å²) in [6, 6.07) is 0. The molecule has 0 aromatic heterocycles. The summed E-state index contributed by atoms with van der Waals surface area (Å²) in [5.41, 5.74) is 3.02. The topological polar surface area (TPSA) is 18.5 Å². The van der Waals surface area contributed by atoms with Gasteiger partial charge in [0.25, 0.3) is 0 Å². The Morgan fingerprint density at radius 3 is 2.65 bits per heavy atom. The summed E-state index contributed by atoms with van der Waals surface area (Å²) in [7, 11) is -1.58. The molecular formula is C14H26O2Si.